The quantitative estimate of drug-likeness (QED) is 0.669. The maximum Gasteiger partial charge on any atom is 0.269 e. The van der Waals surface area contributed by atoms with Crippen LogP contribution in [0, 0.1) is 10.1 Å². The van der Waals surface area contributed by atoms with E-state index in [1.54, 1.807) is 30.3 Å². The summed E-state index contributed by atoms with van der Waals surface area (Å²) in [7, 11) is 0. The van der Waals surface area contributed by atoms with Gasteiger partial charge in [0.2, 0.25) is 0 Å². The van der Waals surface area contributed by atoms with Crippen molar-refractivity contribution in [1.29, 1.82) is 0 Å². The lowest BCUT2D eigenvalue weighted by atomic mass is 10.1. The van der Waals surface area contributed by atoms with Crippen LogP contribution in [-0.2, 0) is 4.74 Å². The van der Waals surface area contributed by atoms with Crippen LogP contribution in [0.5, 0.6) is 5.75 Å². The van der Waals surface area contributed by atoms with Crippen LogP contribution in [0.1, 0.15) is 23.5 Å². The second-order valence-electron chi connectivity index (χ2n) is 4.82. The zero-order valence-electron chi connectivity index (χ0n) is 11.1. The topological polar surface area (TPSA) is 84.6 Å². The highest BCUT2D eigenvalue weighted by Gasteiger charge is 2.28. The molecule has 0 aromatic heterocycles. The Balaban J connectivity index is 1.75. The standard InChI is InChI=1S/C15H14N2O4/c18-13-4-2-1-3-12(13)15-16-9-14(21-15)10-5-7-11(8-6-10)17(19)20/h1-8,14-16,18H,9H2/t14-,15+/m1/s1. The number of hydrogen-bond acceptors (Lipinski definition) is 5. The van der Waals surface area contributed by atoms with E-state index >= 15 is 0 Å². The van der Waals surface area contributed by atoms with E-state index in [0.717, 1.165) is 5.56 Å². The van der Waals surface area contributed by atoms with E-state index in [-0.39, 0.29) is 23.8 Å². The summed E-state index contributed by atoms with van der Waals surface area (Å²) in [5.41, 5.74) is 1.61. The van der Waals surface area contributed by atoms with Crippen molar-refractivity contribution in [2.45, 2.75) is 12.3 Å². The molecule has 0 saturated carbocycles. The molecule has 1 aliphatic rings. The number of ether oxygens (including phenoxy) is 1. The summed E-state index contributed by atoms with van der Waals surface area (Å²) < 4.78 is 5.87. The van der Waals surface area contributed by atoms with Gasteiger partial charge in [-0.05, 0) is 23.8 Å². The first-order valence-electron chi connectivity index (χ1n) is 6.56. The zero-order valence-corrected chi connectivity index (χ0v) is 11.1. The van der Waals surface area contributed by atoms with Crippen molar-refractivity contribution in [3.05, 3.63) is 69.8 Å². The summed E-state index contributed by atoms with van der Waals surface area (Å²) in [6, 6.07) is 13.3. The molecule has 108 valence electrons. The molecule has 1 heterocycles. The Labute approximate surface area is 121 Å². The number of nitro groups is 1. The number of nitrogens with one attached hydrogen (secondary N) is 1. The molecular weight excluding hydrogens is 272 g/mol. The average Bonchev–Trinajstić information content (AvgIpc) is 2.97. The van der Waals surface area contributed by atoms with Gasteiger partial charge in [-0.15, -0.1) is 0 Å². The number of nitrogens with zero attached hydrogens (tertiary/aromatic N) is 1. The molecule has 0 unspecified atom stereocenters. The molecule has 1 fully saturated rings. The van der Waals surface area contributed by atoms with Crippen LogP contribution in [0.3, 0.4) is 0 Å². The van der Waals surface area contributed by atoms with Crippen molar-refractivity contribution in [3.63, 3.8) is 0 Å². The first kappa shape index (κ1) is 13.5. The SMILES string of the molecule is O=[N+]([O-])c1ccc([C@H]2CN[C@H](c3ccccc3O)O2)cc1. The molecule has 3 rings (SSSR count). The van der Waals surface area contributed by atoms with Crippen molar-refractivity contribution in [2.24, 2.45) is 0 Å². The summed E-state index contributed by atoms with van der Waals surface area (Å²) in [4.78, 5) is 10.2. The monoisotopic (exact) mass is 286 g/mol. The fraction of sp³-hybridized carbons (Fsp3) is 0.200. The highest BCUT2D eigenvalue weighted by molar-refractivity contribution is 5.36. The third kappa shape index (κ3) is 2.72. The summed E-state index contributed by atoms with van der Waals surface area (Å²) >= 11 is 0. The van der Waals surface area contributed by atoms with Gasteiger partial charge in [-0.2, -0.15) is 0 Å². The second-order valence-corrected chi connectivity index (χ2v) is 4.82. The van der Waals surface area contributed by atoms with Crippen LogP contribution in [-0.4, -0.2) is 16.6 Å². The number of aromatic hydroxyl groups is 1. The molecule has 6 heteroatoms. The predicted octanol–water partition coefficient (Wildman–Crippen LogP) is 2.66. The normalized spacial score (nSPS) is 21.3. The van der Waals surface area contributed by atoms with Gasteiger partial charge in [0.05, 0.1) is 11.0 Å². The minimum atomic E-state index is -0.428. The van der Waals surface area contributed by atoms with Crippen molar-refractivity contribution in [1.82, 2.24) is 5.32 Å². The highest BCUT2D eigenvalue weighted by atomic mass is 16.6. The molecule has 0 radical (unpaired) electrons. The van der Waals surface area contributed by atoms with Crippen molar-refractivity contribution < 1.29 is 14.8 Å². The second kappa shape index (κ2) is 5.51. The maximum absolute atomic E-state index is 10.6. The Morgan fingerprint density at radius 2 is 1.90 bits per heavy atom. The maximum atomic E-state index is 10.6. The van der Waals surface area contributed by atoms with Crippen molar-refractivity contribution >= 4 is 5.69 Å². The van der Waals surface area contributed by atoms with Crippen LogP contribution >= 0.6 is 0 Å². The Bertz CT molecular complexity index is 657. The number of rotatable bonds is 3. The van der Waals surface area contributed by atoms with Gasteiger partial charge in [0, 0.05) is 24.2 Å². The highest BCUT2D eigenvalue weighted by Crippen LogP contribution is 2.34. The molecule has 0 bridgehead atoms. The van der Waals surface area contributed by atoms with Crippen molar-refractivity contribution in [2.75, 3.05) is 6.54 Å². The summed E-state index contributed by atoms with van der Waals surface area (Å²) in [6.07, 6.45) is -0.582. The number of hydrogen-bond donors (Lipinski definition) is 2. The number of non-ortho nitro benzene ring substituents is 1. The molecule has 6 nitrogen and oxygen atoms in total. The smallest absolute Gasteiger partial charge is 0.269 e. The van der Waals surface area contributed by atoms with Gasteiger partial charge < -0.3 is 9.84 Å². The van der Waals surface area contributed by atoms with E-state index in [9.17, 15) is 15.2 Å². The fourth-order valence-electron chi connectivity index (χ4n) is 2.37. The van der Waals surface area contributed by atoms with Crippen LogP contribution in [0.15, 0.2) is 48.5 Å². The summed E-state index contributed by atoms with van der Waals surface area (Å²) in [5.74, 6) is 0.180. The molecule has 0 aliphatic carbocycles. The molecule has 1 aliphatic heterocycles. The van der Waals surface area contributed by atoms with Crippen LogP contribution < -0.4 is 5.32 Å². The van der Waals surface area contributed by atoms with Gasteiger partial charge >= 0.3 is 0 Å². The van der Waals surface area contributed by atoms with Gasteiger partial charge in [-0.3, -0.25) is 15.4 Å². The Kier molecular flexibility index (Phi) is 3.55. The van der Waals surface area contributed by atoms with Crippen LogP contribution in [0.2, 0.25) is 0 Å². The Hall–Kier alpha value is -2.44. The van der Waals surface area contributed by atoms with E-state index in [0.29, 0.717) is 12.1 Å². The number of para-hydroxylation sites is 1. The minimum absolute atomic E-state index is 0.0574. The number of nitro benzene ring substituents is 1. The molecule has 0 spiro atoms. The Morgan fingerprint density at radius 3 is 2.57 bits per heavy atom. The molecule has 2 aromatic carbocycles. The number of benzene rings is 2. The van der Waals surface area contributed by atoms with E-state index < -0.39 is 4.92 Å². The number of phenolic OH excluding ortho intramolecular Hbond substituents is 1. The molecule has 21 heavy (non-hydrogen) atoms. The van der Waals surface area contributed by atoms with Crippen molar-refractivity contribution in [3.8, 4) is 5.75 Å². The molecule has 2 N–H and O–H groups in total. The van der Waals surface area contributed by atoms with Gasteiger partial charge in [-0.25, -0.2) is 0 Å². The Morgan fingerprint density at radius 1 is 1.19 bits per heavy atom. The summed E-state index contributed by atoms with van der Waals surface area (Å²) in [5, 5.41) is 23.7. The lowest BCUT2D eigenvalue weighted by Crippen LogP contribution is -2.14. The first-order chi connectivity index (χ1) is 10.1. The van der Waals surface area contributed by atoms with Crippen LogP contribution in [0.25, 0.3) is 0 Å². The predicted molar refractivity (Wildman–Crippen MR) is 75.8 cm³/mol. The summed E-state index contributed by atoms with van der Waals surface area (Å²) in [6.45, 7) is 0.580. The van der Waals surface area contributed by atoms with E-state index in [2.05, 4.69) is 5.32 Å². The minimum Gasteiger partial charge on any atom is -0.508 e. The third-order valence-corrected chi connectivity index (χ3v) is 3.48. The van der Waals surface area contributed by atoms with Gasteiger partial charge in [0.1, 0.15) is 12.0 Å². The average molecular weight is 286 g/mol. The van der Waals surface area contributed by atoms with Gasteiger partial charge in [-0.1, -0.05) is 18.2 Å². The molecular formula is C15H14N2O4. The molecule has 2 aromatic rings. The van der Waals surface area contributed by atoms with Gasteiger partial charge in [0.15, 0.2) is 0 Å². The van der Waals surface area contributed by atoms with Gasteiger partial charge in [0.25, 0.3) is 5.69 Å². The zero-order chi connectivity index (χ0) is 14.8. The molecule has 0 amide bonds. The molecule has 1 saturated heterocycles. The lowest BCUT2D eigenvalue weighted by Gasteiger charge is -2.14. The number of phenols is 1. The van der Waals surface area contributed by atoms with E-state index in [4.69, 9.17) is 4.74 Å². The van der Waals surface area contributed by atoms with E-state index in [1.165, 1.54) is 12.1 Å². The first-order valence-corrected chi connectivity index (χ1v) is 6.56. The molecule has 2 atom stereocenters. The largest absolute Gasteiger partial charge is 0.508 e. The van der Waals surface area contributed by atoms with E-state index in [1.807, 2.05) is 6.07 Å². The lowest BCUT2D eigenvalue weighted by molar-refractivity contribution is -0.384. The van der Waals surface area contributed by atoms with Crippen LogP contribution in [0.4, 0.5) is 5.69 Å². The third-order valence-electron chi connectivity index (χ3n) is 3.48. The fourth-order valence-corrected chi connectivity index (χ4v) is 2.37.